The van der Waals surface area contributed by atoms with Crippen molar-refractivity contribution in [3.8, 4) is 0 Å². The Balaban J connectivity index is 0.00000264. The molecule has 2 rings (SSSR count). The van der Waals surface area contributed by atoms with Crippen LogP contribution in [0.4, 0.5) is 5.69 Å². The Morgan fingerprint density at radius 2 is 1.43 bits per heavy atom. The maximum atomic E-state index is 5.81. The molecular formula is C15H16Cl3N5. The van der Waals surface area contributed by atoms with Gasteiger partial charge >= 0.3 is 0 Å². The summed E-state index contributed by atoms with van der Waals surface area (Å²) in [6.07, 6.45) is 0. The molecular weight excluding hydrogens is 357 g/mol. The van der Waals surface area contributed by atoms with Crippen molar-refractivity contribution in [2.75, 3.05) is 5.32 Å². The number of hydrogen-bond acceptors (Lipinski definition) is 1. The third kappa shape index (κ3) is 6.78. The lowest BCUT2D eigenvalue weighted by molar-refractivity contribution is 1.05. The van der Waals surface area contributed by atoms with E-state index in [0.29, 0.717) is 16.6 Å². The smallest absolute Gasteiger partial charge is 0.218 e. The van der Waals surface area contributed by atoms with Crippen LogP contribution in [0.15, 0.2) is 58.5 Å². The predicted molar refractivity (Wildman–Crippen MR) is 101 cm³/mol. The van der Waals surface area contributed by atoms with E-state index in [1.54, 1.807) is 36.4 Å². The molecule has 2 aromatic rings. The number of hydrogen-bond donors (Lipinski definition) is 3. The molecule has 0 aliphatic rings. The molecule has 23 heavy (non-hydrogen) atoms. The highest BCUT2D eigenvalue weighted by Crippen LogP contribution is 2.13. The highest BCUT2D eigenvalue weighted by molar-refractivity contribution is 6.30. The molecule has 0 atom stereocenters. The van der Waals surface area contributed by atoms with Crippen LogP contribution in [-0.2, 0) is 6.54 Å². The van der Waals surface area contributed by atoms with Gasteiger partial charge in [0.25, 0.3) is 0 Å². The zero-order chi connectivity index (χ0) is 15.9. The van der Waals surface area contributed by atoms with E-state index < -0.39 is 0 Å². The van der Waals surface area contributed by atoms with Gasteiger partial charge in [0.1, 0.15) is 0 Å². The van der Waals surface area contributed by atoms with E-state index in [4.69, 9.17) is 34.7 Å². The van der Waals surface area contributed by atoms with E-state index in [9.17, 15) is 0 Å². The van der Waals surface area contributed by atoms with Crippen LogP contribution in [-0.4, -0.2) is 11.9 Å². The van der Waals surface area contributed by atoms with Gasteiger partial charge in [-0.15, -0.1) is 12.4 Å². The second-order valence-electron chi connectivity index (χ2n) is 4.43. The molecule has 0 radical (unpaired) electrons. The number of nitrogens with zero attached hydrogens (tertiary/aromatic N) is 2. The zero-order valence-electron chi connectivity index (χ0n) is 12.0. The molecule has 0 aromatic heterocycles. The minimum Gasteiger partial charge on any atom is -0.369 e. The number of aliphatic imine (C=N–C) groups is 2. The van der Waals surface area contributed by atoms with Gasteiger partial charge in [-0.3, -0.25) is 0 Å². The number of halogens is 3. The van der Waals surface area contributed by atoms with E-state index in [0.717, 1.165) is 11.3 Å². The fourth-order valence-electron chi connectivity index (χ4n) is 1.63. The maximum absolute atomic E-state index is 5.81. The second kappa shape index (κ2) is 9.25. The molecule has 5 nitrogen and oxygen atoms in total. The van der Waals surface area contributed by atoms with E-state index in [-0.39, 0.29) is 24.3 Å². The molecule has 122 valence electrons. The molecule has 0 fully saturated rings. The fourth-order valence-corrected chi connectivity index (χ4v) is 1.88. The van der Waals surface area contributed by atoms with Crippen molar-refractivity contribution in [2.45, 2.75) is 6.54 Å². The second-order valence-corrected chi connectivity index (χ2v) is 5.30. The third-order valence-corrected chi connectivity index (χ3v) is 3.19. The summed E-state index contributed by atoms with van der Waals surface area (Å²) in [7, 11) is 0. The van der Waals surface area contributed by atoms with E-state index >= 15 is 0 Å². The number of guanidine groups is 2. The molecule has 0 aliphatic carbocycles. The first-order chi connectivity index (χ1) is 10.5. The lowest BCUT2D eigenvalue weighted by atomic mass is 10.2. The maximum Gasteiger partial charge on any atom is 0.218 e. The molecule has 0 unspecified atom stereocenters. The summed E-state index contributed by atoms with van der Waals surface area (Å²) in [4.78, 5) is 8.12. The Morgan fingerprint density at radius 1 is 0.913 bits per heavy atom. The number of rotatable bonds is 3. The van der Waals surface area contributed by atoms with Crippen molar-refractivity contribution in [2.24, 2.45) is 21.5 Å². The van der Waals surface area contributed by atoms with Crippen molar-refractivity contribution in [3.05, 3.63) is 64.1 Å². The van der Waals surface area contributed by atoms with E-state index in [1.165, 1.54) is 0 Å². The largest absolute Gasteiger partial charge is 0.369 e. The van der Waals surface area contributed by atoms with Crippen LogP contribution in [0.1, 0.15) is 5.56 Å². The summed E-state index contributed by atoms with van der Waals surface area (Å²) in [6.45, 7) is 0.403. The molecule has 0 amide bonds. The highest BCUT2D eigenvalue weighted by Gasteiger charge is 1.97. The lowest BCUT2D eigenvalue weighted by Crippen LogP contribution is -2.26. The molecule has 0 aliphatic heterocycles. The summed E-state index contributed by atoms with van der Waals surface area (Å²) >= 11 is 11.6. The molecule has 0 spiro atoms. The number of benzene rings is 2. The number of nitrogens with two attached hydrogens (primary N) is 2. The zero-order valence-corrected chi connectivity index (χ0v) is 14.4. The number of nitrogens with one attached hydrogen (secondary N) is 1. The SMILES string of the molecule is Cl.NC(=NCc1ccc(Cl)cc1)N=C(N)Nc1ccc(Cl)cc1. The first kappa shape index (κ1) is 19.1. The van der Waals surface area contributed by atoms with Crippen molar-refractivity contribution < 1.29 is 0 Å². The highest BCUT2D eigenvalue weighted by atomic mass is 35.5. The summed E-state index contributed by atoms with van der Waals surface area (Å²) < 4.78 is 0. The molecule has 0 heterocycles. The standard InChI is InChI=1S/C15H15Cl2N5.ClH/c16-11-3-1-10(2-4-11)9-20-14(18)22-15(19)21-13-7-5-12(17)6-8-13;/h1-8H,9H2,(H5,18,19,20,21,22);1H. The van der Waals surface area contributed by atoms with Crippen LogP contribution in [0.3, 0.4) is 0 Å². The molecule has 5 N–H and O–H groups in total. The van der Waals surface area contributed by atoms with Crippen LogP contribution >= 0.6 is 35.6 Å². The van der Waals surface area contributed by atoms with Gasteiger partial charge in [0.15, 0.2) is 0 Å². The van der Waals surface area contributed by atoms with Crippen LogP contribution < -0.4 is 16.8 Å². The van der Waals surface area contributed by atoms with E-state index in [2.05, 4.69) is 15.3 Å². The van der Waals surface area contributed by atoms with Crippen LogP contribution in [0.2, 0.25) is 10.0 Å². The van der Waals surface area contributed by atoms with Crippen molar-refractivity contribution >= 4 is 53.2 Å². The molecule has 8 heteroatoms. The fraction of sp³-hybridized carbons (Fsp3) is 0.0667. The average Bonchev–Trinajstić information content (AvgIpc) is 2.49. The van der Waals surface area contributed by atoms with E-state index in [1.807, 2.05) is 12.1 Å². The molecule has 0 saturated carbocycles. The van der Waals surface area contributed by atoms with Gasteiger partial charge in [-0.2, -0.15) is 4.99 Å². The first-order valence-electron chi connectivity index (χ1n) is 6.44. The summed E-state index contributed by atoms with van der Waals surface area (Å²) in [5.41, 5.74) is 13.2. The quantitative estimate of drug-likeness (QED) is 0.567. The monoisotopic (exact) mass is 371 g/mol. The van der Waals surface area contributed by atoms with Gasteiger partial charge < -0.3 is 16.8 Å². The molecule has 2 aromatic carbocycles. The predicted octanol–water partition coefficient (Wildman–Crippen LogP) is 3.66. The van der Waals surface area contributed by atoms with Crippen molar-refractivity contribution in [3.63, 3.8) is 0 Å². The van der Waals surface area contributed by atoms with Gasteiger partial charge in [0, 0.05) is 15.7 Å². The minimum atomic E-state index is 0. The summed E-state index contributed by atoms with van der Waals surface area (Å²) in [6, 6.07) is 14.4. The number of anilines is 1. The normalized spacial score (nSPS) is 11.7. The van der Waals surface area contributed by atoms with Gasteiger partial charge in [-0.25, -0.2) is 4.99 Å². The van der Waals surface area contributed by atoms with Crippen LogP contribution in [0, 0.1) is 0 Å². The average molecular weight is 373 g/mol. The summed E-state index contributed by atoms with van der Waals surface area (Å²) in [5.74, 6) is 0.244. The Hall–Kier alpha value is -1.95. The first-order valence-corrected chi connectivity index (χ1v) is 7.19. The Kier molecular flexibility index (Phi) is 7.68. The minimum absolute atomic E-state index is 0. The molecule has 0 bridgehead atoms. The Labute approximate surface area is 150 Å². The topological polar surface area (TPSA) is 88.8 Å². The Bertz CT molecular complexity index is 681. The van der Waals surface area contributed by atoms with Gasteiger partial charge in [0.05, 0.1) is 6.54 Å². The lowest BCUT2D eigenvalue weighted by Gasteiger charge is -2.05. The van der Waals surface area contributed by atoms with Crippen LogP contribution in [0.5, 0.6) is 0 Å². The third-order valence-electron chi connectivity index (χ3n) is 2.69. The van der Waals surface area contributed by atoms with Crippen molar-refractivity contribution in [1.82, 2.24) is 0 Å². The van der Waals surface area contributed by atoms with Crippen molar-refractivity contribution in [1.29, 1.82) is 0 Å². The molecule has 0 saturated heterocycles. The van der Waals surface area contributed by atoms with Crippen LogP contribution in [0.25, 0.3) is 0 Å². The summed E-state index contributed by atoms with van der Waals surface area (Å²) in [5, 5.41) is 4.22. The Morgan fingerprint density at radius 3 is 2.00 bits per heavy atom. The van der Waals surface area contributed by atoms with Gasteiger partial charge in [0.2, 0.25) is 11.9 Å². The van der Waals surface area contributed by atoms with Gasteiger partial charge in [-0.05, 0) is 42.0 Å². The van der Waals surface area contributed by atoms with Gasteiger partial charge in [-0.1, -0.05) is 35.3 Å².